The maximum Gasteiger partial charge on any atom is 0.308 e. The summed E-state index contributed by atoms with van der Waals surface area (Å²) in [6.45, 7) is 3.25. The number of amides is 1. The van der Waals surface area contributed by atoms with Crippen molar-refractivity contribution in [3.05, 3.63) is 29.6 Å². The molecule has 1 amide bonds. The highest BCUT2D eigenvalue weighted by Crippen LogP contribution is 2.23. The monoisotopic (exact) mass is 306 g/mol. The number of hydrogen-bond donors (Lipinski definition) is 2. The first kappa shape index (κ1) is 16.4. The fraction of sp³-hybridized carbons (Fsp3) is 0.562. The summed E-state index contributed by atoms with van der Waals surface area (Å²) in [5.74, 6) is -1.72. The normalized spacial score (nSPS) is 17.0. The largest absolute Gasteiger partial charge is 0.481 e. The number of carbonyl (C=O) groups excluding carboxylic acids is 1. The highest BCUT2D eigenvalue weighted by atomic mass is 16.5. The fourth-order valence-corrected chi connectivity index (χ4v) is 2.79. The Balaban J connectivity index is 1.99. The van der Waals surface area contributed by atoms with Gasteiger partial charge in [0.2, 0.25) is 0 Å². The molecule has 0 saturated carbocycles. The first-order valence-corrected chi connectivity index (χ1v) is 7.66. The second-order valence-corrected chi connectivity index (χ2v) is 5.47. The molecule has 1 saturated heterocycles. The second-order valence-electron chi connectivity index (χ2n) is 5.47. The van der Waals surface area contributed by atoms with Gasteiger partial charge < -0.3 is 15.2 Å². The van der Waals surface area contributed by atoms with Gasteiger partial charge in [-0.25, -0.2) is 0 Å². The van der Waals surface area contributed by atoms with E-state index in [4.69, 9.17) is 4.74 Å². The summed E-state index contributed by atoms with van der Waals surface area (Å²) in [4.78, 5) is 27.8. The standard InChI is InChI=1S/C16H22N2O4/c1-2-11-4-3-7-17-14(11)15(19)18-10-13(16(20)21)12-5-8-22-9-6-12/h3-4,7,12-13H,2,5-6,8-10H2,1H3,(H,18,19)(H,20,21). The Bertz CT molecular complexity index is 527. The Morgan fingerprint density at radius 1 is 1.45 bits per heavy atom. The number of carboxylic acids is 1. The molecule has 0 aromatic carbocycles. The number of aromatic nitrogens is 1. The van der Waals surface area contributed by atoms with E-state index in [1.165, 1.54) is 0 Å². The third-order valence-corrected chi connectivity index (χ3v) is 4.12. The molecule has 6 nitrogen and oxygen atoms in total. The van der Waals surface area contributed by atoms with Crippen LogP contribution in [-0.4, -0.2) is 41.7 Å². The molecule has 0 bridgehead atoms. The lowest BCUT2D eigenvalue weighted by Gasteiger charge is -2.27. The first-order valence-electron chi connectivity index (χ1n) is 7.66. The van der Waals surface area contributed by atoms with Crippen molar-refractivity contribution in [1.82, 2.24) is 10.3 Å². The molecule has 0 aliphatic carbocycles. The minimum Gasteiger partial charge on any atom is -0.481 e. The van der Waals surface area contributed by atoms with Crippen molar-refractivity contribution >= 4 is 11.9 Å². The summed E-state index contributed by atoms with van der Waals surface area (Å²) >= 11 is 0. The predicted octanol–water partition coefficient (Wildman–Crippen LogP) is 1.50. The van der Waals surface area contributed by atoms with Crippen LogP contribution in [-0.2, 0) is 16.0 Å². The Kier molecular flexibility index (Phi) is 5.89. The number of carboxylic acid groups (broad SMARTS) is 1. The zero-order chi connectivity index (χ0) is 15.9. The van der Waals surface area contributed by atoms with Gasteiger partial charge in [-0.15, -0.1) is 0 Å². The number of aryl methyl sites for hydroxylation is 1. The predicted molar refractivity (Wildman–Crippen MR) is 80.6 cm³/mol. The van der Waals surface area contributed by atoms with Gasteiger partial charge in [0.1, 0.15) is 5.69 Å². The molecule has 2 rings (SSSR count). The number of hydrogen-bond acceptors (Lipinski definition) is 4. The minimum atomic E-state index is -0.871. The van der Waals surface area contributed by atoms with E-state index in [0.29, 0.717) is 25.3 Å². The van der Waals surface area contributed by atoms with Crippen molar-refractivity contribution < 1.29 is 19.4 Å². The number of ether oxygens (including phenoxy) is 1. The van der Waals surface area contributed by atoms with Crippen molar-refractivity contribution in [3.63, 3.8) is 0 Å². The number of nitrogens with one attached hydrogen (secondary N) is 1. The van der Waals surface area contributed by atoms with Crippen LogP contribution in [0.15, 0.2) is 18.3 Å². The van der Waals surface area contributed by atoms with Crippen LogP contribution < -0.4 is 5.32 Å². The number of carbonyl (C=O) groups is 2. The van der Waals surface area contributed by atoms with Crippen LogP contribution >= 0.6 is 0 Å². The third kappa shape index (κ3) is 4.04. The summed E-state index contributed by atoms with van der Waals surface area (Å²) in [6, 6.07) is 3.65. The molecular weight excluding hydrogens is 284 g/mol. The Morgan fingerprint density at radius 3 is 2.82 bits per heavy atom. The van der Waals surface area contributed by atoms with Gasteiger partial charge >= 0.3 is 5.97 Å². The molecule has 1 aromatic rings. The van der Waals surface area contributed by atoms with Crippen LogP contribution in [0.3, 0.4) is 0 Å². The molecule has 2 N–H and O–H groups in total. The maximum absolute atomic E-state index is 12.2. The Hall–Kier alpha value is -1.95. The van der Waals surface area contributed by atoms with Gasteiger partial charge in [-0.1, -0.05) is 13.0 Å². The zero-order valence-electron chi connectivity index (χ0n) is 12.7. The van der Waals surface area contributed by atoms with Crippen molar-refractivity contribution in [2.75, 3.05) is 19.8 Å². The lowest BCUT2D eigenvalue weighted by Crippen LogP contribution is -2.39. The maximum atomic E-state index is 12.2. The summed E-state index contributed by atoms with van der Waals surface area (Å²) in [7, 11) is 0. The molecule has 6 heteroatoms. The van der Waals surface area contributed by atoms with E-state index in [1.807, 2.05) is 13.0 Å². The van der Waals surface area contributed by atoms with E-state index in [0.717, 1.165) is 18.4 Å². The molecule has 1 aliphatic rings. The molecule has 22 heavy (non-hydrogen) atoms. The SMILES string of the molecule is CCc1cccnc1C(=O)NCC(C(=O)O)C1CCOCC1. The van der Waals surface area contributed by atoms with Gasteiger partial charge in [-0.05, 0) is 36.8 Å². The highest BCUT2D eigenvalue weighted by Gasteiger charge is 2.30. The Morgan fingerprint density at radius 2 is 2.18 bits per heavy atom. The lowest BCUT2D eigenvalue weighted by atomic mass is 9.86. The van der Waals surface area contributed by atoms with Gasteiger partial charge in [0, 0.05) is 26.0 Å². The van der Waals surface area contributed by atoms with Crippen molar-refractivity contribution in [2.24, 2.45) is 11.8 Å². The van der Waals surface area contributed by atoms with E-state index in [-0.39, 0.29) is 18.4 Å². The highest BCUT2D eigenvalue weighted by molar-refractivity contribution is 5.93. The lowest BCUT2D eigenvalue weighted by molar-refractivity contribution is -0.144. The summed E-state index contributed by atoms with van der Waals surface area (Å²) < 4.78 is 5.26. The number of nitrogens with zero attached hydrogens (tertiary/aromatic N) is 1. The number of pyridine rings is 1. The van der Waals surface area contributed by atoms with Crippen LogP contribution in [0.4, 0.5) is 0 Å². The van der Waals surface area contributed by atoms with Gasteiger partial charge in [0.05, 0.1) is 5.92 Å². The molecular formula is C16H22N2O4. The Labute approximate surface area is 129 Å². The van der Waals surface area contributed by atoms with Crippen LogP contribution in [0.25, 0.3) is 0 Å². The quantitative estimate of drug-likeness (QED) is 0.831. The molecule has 1 fully saturated rings. The van der Waals surface area contributed by atoms with E-state index < -0.39 is 11.9 Å². The molecule has 2 heterocycles. The molecule has 1 aromatic heterocycles. The first-order chi connectivity index (χ1) is 10.6. The van der Waals surface area contributed by atoms with Crippen molar-refractivity contribution in [1.29, 1.82) is 0 Å². The van der Waals surface area contributed by atoms with E-state index in [9.17, 15) is 14.7 Å². The molecule has 0 spiro atoms. The number of rotatable bonds is 6. The van der Waals surface area contributed by atoms with Gasteiger partial charge in [-0.2, -0.15) is 0 Å². The molecule has 1 atom stereocenters. The van der Waals surface area contributed by atoms with E-state index in [2.05, 4.69) is 10.3 Å². The van der Waals surface area contributed by atoms with Crippen LogP contribution in [0.5, 0.6) is 0 Å². The van der Waals surface area contributed by atoms with Crippen LogP contribution in [0, 0.1) is 11.8 Å². The van der Waals surface area contributed by atoms with Gasteiger partial charge in [0.25, 0.3) is 5.91 Å². The molecule has 0 radical (unpaired) electrons. The van der Waals surface area contributed by atoms with Gasteiger partial charge in [0.15, 0.2) is 0 Å². The molecule has 1 unspecified atom stereocenters. The van der Waals surface area contributed by atoms with Crippen LogP contribution in [0.1, 0.15) is 35.8 Å². The van der Waals surface area contributed by atoms with Crippen molar-refractivity contribution in [3.8, 4) is 0 Å². The van der Waals surface area contributed by atoms with E-state index in [1.54, 1.807) is 12.3 Å². The van der Waals surface area contributed by atoms with Gasteiger partial charge in [-0.3, -0.25) is 14.6 Å². The topological polar surface area (TPSA) is 88.5 Å². The zero-order valence-corrected chi connectivity index (χ0v) is 12.7. The summed E-state index contributed by atoms with van der Waals surface area (Å²) in [6.07, 6.45) is 3.72. The van der Waals surface area contributed by atoms with Crippen molar-refractivity contribution in [2.45, 2.75) is 26.2 Å². The average molecular weight is 306 g/mol. The smallest absolute Gasteiger partial charge is 0.308 e. The second kappa shape index (κ2) is 7.89. The summed E-state index contributed by atoms with van der Waals surface area (Å²) in [5, 5.41) is 12.1. The fourth-order valence-electron chi connectivity index (χ4n) is 2.79. The molecule has 1 aliphatic heterocycles. The third-order valence-electron chi connectivity index (χ3n) is 4.12. The van der Waals surface area contributed by atoms with E-state index >= 15 is 0 Å². The summed E-state index contributed by atoms with van der Waals surface area (Å²) in [5.41, 5.74) is 1.24. The number of aliphatic carboxylic acids is 1. The van der Waals surface area contributed by atoms with Crippen LogP contribution in [0.2, 0.25) is 0 Å². The average Bonchev–Trinajstić information content (AvgIpc) is 2.55. The minimum absolute atomic E-state index is 0.0425. The molecule has 120 valence electrons.